The molecule has 0 amide bonds. The van der Waals surface area contributed by atoms with Crippen LogP contribution in [0.5, 0.6) is 0 Å². The minimum atomic E-state index is -0.339. The Bertz CT molecular complexity index is 152. The van der Waals surface area contributed by atoms with Crippen molar-refractivity contribution in [3.63, 3.8) is 0 Å². The standard InChI is InChI=1S/C8H14O2S/c1-4-5-10-8(9)6(2)7(3)11/h7,11H,2,4-5H2,1,3H3. The molecule has 0 aromatic heterocycles. The summed E-state index contributed by atoms with van der Waals surface area (Å²) in [6, 6.07) is 0. The van der Waals surface area contributed by atoms with Crippen molar-refractivity contribution >= 4 is 18.6 Å². The van der Waals surface area contributed by atoms with Crippen molar-refractivity contribution in [3.8, 4) is 0 Å². The maximum atomic E-state index is 11.0. The summed E-state index contributed by atoms with van der Waals surface area (Å²) in [6.45, 7) is 7.75. The molecule has 0 rings (SSSR count). The third-order valence-electron chi connectivity index (χ3n) is 1.20. The molecule has 0 saturated carbocycles. The van der Waals surface area contributed by atoms with Gasteiger partial charge in [0.25, 0.3) is 0 Å². The molecule has 0 fully saturated rings. The first-order chi connectivity index (χ1) is 5.09. The van der Waals surface area contributed by atoms with Gasteiger partial charge in [0.05, 0.1) is 6.61 Å². The van der Waals surface area contributed by atoms with Gasteiger partial charge in [-0.25, -0.2) is 4.79 Å². The van der Waals surface area contributed by atoms with Gasteiger partial charge in [0, 0.05) is 10.8 Å². The monoisotopic (exact) mass is 174 g/mol. The first-order valence-electron chi connectivity index (χ1n) is 3.63. The van der Waals surface area contributed by atoms with E-state index in [2.05, 4.69) is 19.2 Å². The number of hydrogen-bond donors (Lipinski definition) is 1. The summed E-state index contributed by atoms with van der Waals surface area (Å²) < 4.78 is 4.83. The second kappa shape index (κ2) is 5.24. The third kappa shape index (κ3) is 4.09. The molecule has 0 spiro atoms. The van der Waals surface area contributed by atoms with Gasteiger partial charge < -0.3 is 4.74 Å². The third-order valence-corrected chi connectivity index (χ3v) is 1.52. The Kier molecular flexibility index (Phi) is 5.03. The molecule has 0 aliphatic carbocycles. The van der Waals surface area contributed by atoms with Crippen molar-refractivity contribution in [1.29, 1.82) is 0 Å². The van der Waals surface area contributed by atoms with E-state index < -0.39 is 0 Å². The lowest BCUT2D eigenvalue weighted by Gasteiger charge is -2.07. The van der Waals surface area contributed by atoms with Crippen LogP contribution in [-0.4, -0.2) is 17.8 Å². The first kappa shape index (κ1) is 10.6. The molecule has 11 heavy (non-hydrogen) atoms. The number of rotatable bonds is 4. The van der Waals surface area contributed by atoms with Gasteiger partial charge in [-0.2, -0.15) is 12.6 Å². The molecule has 0 aliphatic heterocycles. The Hall–Kier alpha value is -0.440. The Morgan fingerprint density at radius 3 is 2.64 bits per heavy atom. The summed E-state index contributed by atoms with van der Waals surface area (Å²) in [6.07, 6.45) is 0.833. The maximum absolute atomic E-state index is 11.0. The Morgan fingerprint density at radius 1 is 1.73 bits per heavy atom. The van der Waals surface area contributed by atoms with E-state index in [1.54, 1.807) is 6.92 Å². The molecule has 0 N–H and O–H groups in total. The number of carbonyl (C=O) groups is 1. The highest BCUT2D eigenvalue weighted by atomic mass is 32.1. The fraction of sp³-hybridized carbons (Fsp3) is 0.625. The van der Waals surface area contributed by atoms with Gasteiger partial charge >= 0.3 is 5.97 Å². The summed E-state index contributed by atoms with van der Waals surface area (Å²) >= 11 is 4.05. The fourth-order valence-electron chi connectivity index (χ4n) is 0.458. The van der Waals surface area contributed by atoms with Crippen LogP contribution in [-0.2, 0) is 9.53 Å². The molecular weight excluding hydrogens is 160 g/mol. The zero-order valence-corrected chi connectivity index (χ0v) is 7.86. The van der Waals surface area contributed by atoms with Crippen LogP contribution in [0.15, 0.2) is 12.2 Å². The molecular formula is C8H14O2S. The van der Waals surface area contributed by atoms with Crippen molar-refractivity contribution in [2.75, 3.05) is 6.61 Å². The zero-order chi connectivity index (χ0) is 8.85. The van der Waals surface area contributed by atoms with E-state index >= 15 is 0 Å². The largest absolute Gasteiger partial charge is 0.462 e. The van der Waals surface area contributed by atoms with Crippen LogP contribution >= 0.6 is 12.6 Å². The molecule has 1 atom stereocenters. The van der Waals surface area contributed by atoms with Crippen LogP contribution in [0.2, 0.25) is 0 Å². The topological polar surface area (TPSA) is 26.3 Å². The van der Waals surface area contributed by atoms with E-state index in [0.717, 1.165) is 6.42 Å². The maximum Gasteiger partial charge on any atom is 0.334 e. The Morgan fingerprint density at radius 2 is 2.27 bits per heavy atom. The summed E-state index contributed by atoms with van der Waals surface area (Å²) in [5, 5.41) is -0.126. The van der Waals surface area contributed by atoms with Crippen LogP contribution in [0.25, 0.3) is 0 Å². The molecule has 2 nitrogen and oxygen atoms in total. The summed E-state index contributed by atoms with van der Waals surface area (Å²) in [5.74, 6) is -0.339. The highest BCUT2D eigenvalue weighted by Crippen LogP contribution is 2.07. The summed E-state index contributed by atoms with van der Waals surface area (Å²) in [7, 11) is 0. The normalized spacial score (nSPS) is 12.3. The van der Waals surface area contributed by atoms with E-state index in [4.69, 9.17) is 4.74 Å². The van der Waals surface area contributed by atoms with Crippen molar-refractivity contribution in [1.82, 2.24) is 0 Å². The van der Waals surface area contributed by atoms with E-state index in [9.17, 15) is 4.79 Å². The van der Waals surface area contributed by atoms with Gasteiger partial charge in [0.2, 0.25) is 0 Å². The molecule has 0 aromatic rings. The van der Waals surface area contributed by atoms with Crippen molar-refractivity contribution in [2.24, 2.45) is 0 Å². The lowest BCUT2D eigenvalue weighted by molar-refractivity contribution is -0.139. The Balaban J connectivity index is 3.75. The fourth-order valence-corrected chi connectivity index (χ4v) is 0.563. The summed E-state index contributed by atoms with van der Waals surface area (Å²) in [4.78, 5) is 11.0. The highest BCUT2D eigenvalue weighted by Gasteiger charge is 2.11. The minimum absolute atomic E-state index is 0.126. The molecule has 0 aromatic carbocycles. The molecule has 0 heterocycles. The lowest BCUT2D eigenvalue weighted by Crippen LogP contribution is -2.13. The van der Waals surface area contributed by atoms with Crippen molar-refractivity contribution < 1.29 is 9.53 Å². The van der Waals surface area contributed by atoms with Crippen LogP contribution in [0.4, 0.5) is 0 Å². The number of carbonyl (C=O) groups excluding carboxylic acids is 1. The highest BCUT2D eigenvalue weighted by molar-refractivity contribution is 7.81. The predicted molar refractivity (Wildman–Crippen MR) is 48.8 cm³/mol. The van der Waals surface area contributed by atoms with Gasteiger partial charge in [-0.3, -0.25) is 0 Å². The smallest absolute Gasteiger partial charge is 0.334 e. The summed E-state index contributed by atoms with van der Waals surface area (Å²) in [5.41, 5.74) is 0.418. The molecule has 0 aliphatic rings. The number of esters is 1. The van der Waals surface area contributed by atoms with Gasteiger partial charge in [-0.1, -0.05) is 13.5 Å². The van der Waals surface area contributed by atoms with E-state index in [0.29, 0.717) is 12.2 Å². The predicted octanol–water partition coefficient (Wildman–Crippen LogP) is 1.81. The molecule has 3 heteroatoms. The second-order valence-electron chi connectivity index (χ2n) is 2.34. The Labute approximate surface area is 73.0 Å². The average Bonchev–Trinajstić information content (AvgIpc) is 1.98. The van der Waals surface area contributed by atoms with Crippen LogP contribution < -0.4 is 0 Å². The van der Waals surface area contributed by atoms with E-state index in [-0.39, 0.29) is 11.2 Å². The second-order valence-corrected chi connectivity index (χ2v) is 3.11. The van der Waals surface area contributed by atoms with Crippen molar-refractivity contribution in [2.45, 2.75) is 25.5 Å². The number of hydrogen-bond acceptors (Lipinski definition) is 3. The average molecular weight is 174 g/mol. The quantitative estimate of drug-likeness (QED) is 0.400. The zero-order valence-electron chi connectivity index (χ0n) is 6.96. The lowest BCUT2D eigenvalue weighted by atomic mass is 10.2. The minimum Gasteiger partial charge on any atom is -0.462 e. The molecule has 64 valence electrons. The molecule has 0 saturated heterocycles. The molecule has 0 bridgehead atoms. The van der Waals surface area contributed by atoms with Crippen LogP contribution in [0.1, 0.15) is 20.3 Å². The van der Waals surface area contributed by atoms with Gasteiger partial charge in [-0.15, -0.1) is 0 Å². The molecule has 0 radical (unpaired) electrons. The van der Waals surface area contributed by atoms with E-state index in [1.165, 1.54) is 0 Å². The van der Waals surface area contributed by atoms with Crippen LogP contribution in [0, 0.1) is 0 Å². The molecule has 1 unspecified atom stereocenters. The number of thiol groups is 1. The van der Waals surface area contributed by atoms with Gasteiger partial charge in [0.1, 0.15) is 0 Å². The van der Waals surface area contributed by atoms with Crippen LogP contribution in [0.3, 0.4) is 0 Å². The van der Waals surface area contributed by atoms with Gasteiger partial charge in [-0.05, 0) is 13.3 Å². The van der Waals surface area contributed by atoms with Crippen molar-refractivity contribution in [3.05, 3.63) is 12.2 Å². The number of ether oxygens (including phenoxy) is 1. The van der Waals surface area contributed by atoms with E-state index in [1.807, 2.05) is 6.92 Å². The SMILES string of the molecule is C=C(C(=O)OCCC)C(C)S. The first-order valence-corrected chi connectivity index (χ1v) is 4.15. The van der Waals surface area contributed by atoms with Gasteiger partial charge in [0.15, 0.2) is 0 Å².